The molecular formula is C12H22N4. The van der Waals surface area contributed by atoms with Crippen LogP contribution in [-0.4, -0.2) is 30.1 Å². The average molecular weight is 222 g/mol. The second-order valence-corrected chi connectivity index (χ2v) is 4.01. The Hall–Kier alpha value is -1.32. The highest BCUT2D eigenvalue weighted by Crippen LogP contribution is 2.22. The fraction of sp³-hybridized carbons (Fsp3) is 0.667. The summed E-state index contributed by atoms with van der Waals surface area (Å²) in [5, 5.41) is 3.35. The fourth-order valence-corrected chi connectivity index (χ4v) is 1.55. The monoisotopic (exact) mass is 222 g/mol. The molecule has 1 aromatic rings. The predicted molar refractivity (Wildman–Crippen MR) is 69.2 cm³/mol. The van der Waals surface area contributed by atoms with Crippen LogP contribution < -0.4 is 10.2 Å². The third-order valence-electron chi connectivity index (χ3n) is 2.61. The van der Waals surface area contributed by atoms with E-state index in [4.69, 9.17) is 0 Å². The minimum Gasteiger partial charge on any atom is -0.370 e. The van der Waals surface area contributed by atoms with Gasteiger partial charge in [0.2, 0.25) is 0 Å². The van der Waals surface area contributed by atoms with E-state index in [2.05, 4.69) is 48.0 Å². The van der Waals surface area contributed by atoms with Gasteiger partial charge in [0.25, 0.3) is 0 Å². The molecule has 0 aliphatic heterocycles. The summed E-state index contributed by atoms with van der Waals surface area (Å²) in [5.74, 6) is 2.80. The summed E-state index contributed by atoms with van der Waals surface area (Å²) in [6.07, 6.45) is 1.10. The number of nitrogens with one attached hydrogen (secondary N) is 1. The van der Waals surface area contributed by atoms with Crippen molar-refractivity contribution in [1.29, 1.82) is 0 Å². The van der Waals surface area contributed by atoms with E-state index >= 15 is 0 Å². The van der Waals surface area contributed by atoms with Crippen LogP contribution in [0.3, 0.4) is 0 Å². The summed E-state index contributed by atoms with van der Waals surface area (Å²) in [7, 11) is 2.05. The number of aromatic nitrogens is 2. The van der Waals surface area contributed by atoms with E-state index in [1.165, 1.54) is 0 Å². The van der Waals surface area contributed by atoms with Gasteiger partial charge in [0.1, 0.15) is 17.5 Å². The van der Waals surface area contributed by atoms with Crippen LogP contribution in [0.4, 0.5) is 11.6 Å². The molecule has 0 atom stereocenters. The molecule has 4 heteroatoms. The first-order valence-corrected chi connectivity index (χ1v) is 5.90. The lowest BCUT2D eigenvalue weighted by molar-refractivity contribution is 0.891. The highest BCUT2D eigenvalue weighted by atomic mass is 15.2. The van der Waals surface area contributed by atoms with Gasteiger partial charge < -0.3 is 10.2 Å². The molecule has 0 unspecified atom stereocenters. The molecule has 0 saturated heterocycles. The normalized spacial score (nSPS) is 10.3. The Morgan fingerprint density at radius 2 is 1.88 bits per heavy atom. The summed E-state index contributed by atoms with van der Waals surface area (Å²) >= 11 is 0. The lowest BCUT2D eigenvalue weighted by Crippen LogP contribution is -2.20. The number of anilines is 2. The molecular weight excluding hydrogens is 200 g/mol. The maximum atomic E-state index is 4.49. The van der Waals surface area contributed by atoms with Crippen molar-refractivity contribution in [3.8, 4) is 0 Å². The molecule has 0 aromatic carbocycles. The standard InChI is InChI=1S/C12H22N4/c1-6-8-13-11-9(3)12(16(5)7-2)15-10(4)14-11/h6-8H2,1-5H3,(H,13,14,15). The third-order valence-corrected chi connectivity index (χ3v) is 2.61. The Bertz CT molecular complexity index is 349. The van der Waals surface area contributed by atoms with Gasteiger partial charge in [-0.15, -0.1) is 0 Å². The van der Waals surface area contributed by atoms with Crippen molar-refractivity contribution in [2.24, 2.45) is 0 Å². The number of rotatable bonds is 5. The van der Waals surface area contributed by atoms with Crippen LogP contribution in [0.15, 0.2) is 0 Å². The SMILES string of the molecule is CCCNc1nc(C)nc(N(C)CC)c1C. The summed E-state index contributed by atoms with van der Waals surface area (Å²) in [5.41, 5.74) is 1.13. The highest BCUT2D eigenvalue weighted by molar-refractivity contribution is 5.58. The Kier molecular flexibility index (Phi) is 4.52. The van der Waals surface area contributed by atoms with Gasteiger partial charge in [0.05, 0.1) is 0 Å². The summed E-state index contributed by atoms with van der Waals surface area (Å²) in [4.78, 5) is 11.1. The number of hydrogen-bond donors (Lipinski definition) is 1. The molecule has 0 radical (unpaired) electrons. The van der Waals surface area contributed by atoms with Crippen molar-refractivity contribution in [3.63, 3.8) is 0 Å². The zero-order chi connectivity index (χ0) is 12.1. The molecule has 4 nitrogen and oxygen atoms in total. The number of hydrogen-bond acceptors (Lipinski definition) is 4. The fourth-order valence-electron chi connectivity index (χ4n) is 1.55. The Labute approximate surface area is 98.1 Å². The van der Waals surface area contributed by atoms with Crippen molar-refractivity contribution >= 4 is 11.6 Å². The molecule has 0 fully saturated rings. The molecule has 0 amide bonds. The Morgan fingerprint density at radius 3 is 2.44 bits per heavy atom. The van der Waals surface area contributed by atoms with Crippen molar-refractivity contribution in [2.45, 2.75) is 34.1 Å². The van der Waals surface area contributed by atoms with Gasteiger partial charge in [-0.2, -0.15) is 0 Å². The minimum absolute atomic E-state index is 0.819. The van der Waals surface area contributed by atoms with Crippen molar-refractivity contribution in [1.82, 2.24) is 9.97 Å². The zero-order valence-electron chi connectivity index (χ0n) is 11.0. The number of nitrogens with zero attached hydrogens (tertiary/aromatic N) is 3. The van der Waals surface area contributed by atoms with Crippen LogP contribution in [0.25, 0.3) is 0 Å². The van der Waals surface area contributed by atoms with Crippen LogP contribution in [0, 0.1) is 13.8 Å². The molecule has 1 aromatic heterocycles. The molecule has 1 rings (SSSR count). The number of aryl methyl sites for hydroxylation is 1. The second kappa shape index (κ2) is 5.68. The first-order valence-electron chi connectivity index (χ1n) is 5.90. The molecule has 90 valence electrons. The predicted octanol–water partition coefficient (Wildman–Crippen LogP) is 2.37. The van der Waals surface area contributed by atoms with E-state index in [0.29, 0.717) is 0 Å². The van der Waals surface area contributed by atoms with E-state index in [1.54, 1.807) is 0 Å². The van der Waals surface area contributed by atoms with Gasteiger partial charge in [-0.3, -0.25) is 0 Å². The average Bonchev–Trinajstić information content (AvgIpc) is 2.28. The van der Waals surface area contributed by atoms with E-state index < -0.39 is 0 Å². The highest BCUT2D eigenvalue weighted by Gasteiger charge is 2.11. The maximum absolute atomic E-state index is 4.49. The molecule has 0 aliphatic rings. The third kappa shape index (κ3) is 2.84. The molecule has 0 aliphatic carbocycles. The molecule has 1 heterocycles. The largest absolute Gasteiger partial charge is 0.370 e. The van der Waals surface area contributed by atoms with E-state index in [0.717, 1.165) is 42.5 Å². The molecule has 0 spiro atoms. The first kappa shape index (κ1) is 12.7. The van der Waals surface area contributed by atoms with Crippen LogP contribution in [0.5, 0.6) is 0 Å². The van der Waals surface area contributed by atoms with E-state index in [9.17, 15) is 0 Å². The smallest absolute Gasteiger partial charge is 0.137 e. The first-order chi connectivity index (χ1) is 7.60. The topological polar surface area (TPSA) is 41.1 Å². The van der Waals surface area contributed by atoms with E-state index in [-0.39, 0.29) is 0 Å². The summed E-state index contributed by atoms with van der Waals surface area (Å²) in [6.45, 7) is 10.2. The van der Waals surface area contributed by atoms with Gasteiger partial charge in [-0.1, -0.05) is 6.92 Å². The van der Waals surface area contributed by atoms with Crippen LogP contribution >= 0.6 is 0 Å². The Morgan fingerprint density at radius 1 is 1.19 bits per heavy atom. The quantitative estimate of drug-likeness (QED) is 0.830. The van der Waals surface area contributed by atoms with Crippen molar-refractivity contribution < 1.29 is 0 Å². The maximum Gasteiger partial charge on any atom is 0.137 e. The van der Waals surface area contributed by atoms with Crippen LogP contribution in [-0.2, 0) is 0 Å². The van der Waals surface area contributed by atoms with Gasteiger partial charge >= 0.3 is 0 Å². The van der Waals surface area contributed by atoms with Crippen molar-refractivity contribution in [3.05, 3.63) is 11.4 Å². The molecule has 1 N–H and O–H groups in total. The van der Waals surface area contributed by atoms with Gasteiger partial charge in [-0.25, -0.2) is 9.97 Å². The van der Waals surface area contributed by atoms with Gasteiger partial charge in [0.15, 0.2) is 0 Å². The lowest BCUT2D eigenvalue weighted by atomic mass is 10.2. The van der Waals surface area contributed by atoms with E-state index in [1.807, 2.05) is 6.92 Å². The summed E-state index contributed by atoms with van der Waals surface area (Å²) in [6, 6.07) is 0. The second-order valence-electron chi connectivity index (χ2n) is 4.01. The molecule has 0 bridgehead atoms. The van der Waals surface area contributed by atoms with Gasteiger partial charge in [-0.05, 0) is 27.2 Å². The Balaban J connectivity index is 3.05. The summed E-state index contributed by atoms with van der Waals surface area (Å²) < 4.78 is 0. The molecule has 0 saturated carbocycles. The minimum atomic E-state index is 0.819. The van der Waals surface area contributed by atoms with Crippen molar-refractivity contribution in [2.75, 3.05) is 30.4 Å². The van der Waals surface area contributed by atoms with Crippen LogP contribution in [0.1, 0.15) is 31.7 Å². The zero-order valence-corrected chi connectivity index (χ0v) is 11.0. The van der Waals surface area contributed by atoms with Gasteiger partial charge in [0, 0.05) is 25.7 Å². The molecule has 16 heavy (non-hydrogen) atoms. The van der Waals surface area contributed by atoms with Crippen LogP contribution in [0.2, 0.25) is 0 Å². The lowest BCUT2D eigenvalue weighted by Gasteiger charge is -2.20.